The molecule has 1 aromatic heterocycles. The predicted octanol–water partition coefficient (Wildman–Crippen LogP) is 5.28. The highest BCUT2D eigenvalue weighted by Crippen LogP contribution is 2.22. The zero-order valence-electron chi connectivity index (χ0n) is 16.4. The van der Waals surface area contributed by atoms with Gasteiger partial charge in [-0.3, -0.25) is 4.79 Å². The molecule has 0 unspecified atom stereocenters. The highest BCUT2D eigenvalue weighted by Gasteiger charge is 2.14. The van der Waals surface area contributed by atoms with Crippen LogP contribution in [-0.4, -0.2) is 15.5 Å². The lowest BCUT2D eigenvalue weighted by atomic mass is 10.1. The number of carbonyl (C=O) groups is 1. The number of para-hydroxylation sites is 2. The standard InChI is InChI=1S/C24H22ClN3O/c1-16-11-12-19(17(2)13-16)24(29)26-14-23-27-21-9-5-6-10-22(21)28(23)15-18-7-3-4-8-20(18)25/h3-13H,14-15H2,1-2H3,(H,26,29). The van der Waals surface area contributed by atoms with Crippen LogP contribution in [0.25, 0.3) is 11.0 Å². The van der Waals surface area contributed by atoms with Crippen LogP contribution >= 0.6 is 11.6 Å². The van der Waals surface area contributed by atoms with Crippen LogP contribution in [0.15, 0.2) is 66.7 Å². The van der Waals surface area contributed by atoms with E-state index in [1.807, 2.05) is 80.6 Å². The smallest absolute Gasteiger partial charge is 0.251 e. The number of fused-ring (bicyclic) bond motifs is 1. The van der Waals surface area contributed by atoms with Crippen LogP contribution in [0.1, 0.15) is 32.9 Å². The minimum Gasteiger partial charge on any atom is -0.345 e. The molecule has 4 nitrogen and oxygen atoms in total. The summed E-state index contributed by atoms with van der Waals surface area (Å²) in [6, 6.07) is 21.6. The van der Waals surface area contributed by atoms with E-state index < -0.39 is 0 Å². The molecule has 0 radical (unpaired) electrons. The average Bonchev–Trinajstić information content (AvgIpc) is 3.05. The van der Waals surface area contributed by atoms with Crippen molar-refractivity contribution in [2.75, 3.05) is 0 Å². The zero-order valence-corrected chi connectivity index (χ0v) is 17.2. The summed E-state index contributed by atoms with van der Waals surface area (Å²) in [7, 11) is 0. The first kappa shape index (κ1) is 19.2. The van der Waals surface area contributed by atoms with E-state index in [-0.39, 0.29) is 5.91 Å². The van der Waals surface area contributed by atoms with E-state index >= 15 is 0 Å². The highest BCUT2D eigenvalue weighted by atomic mass is 35.5. The minimum atomic E-state index is -0.0983. The van der Waals surface area contributed by atoms with E-state index in [1.165, 1.54) is 0 Å². The van der Waals surface area contributed by atoms with Gasteiger partial charge in [0.15, 0.2) is 0 Å². The van der Waals surface area contributed by atoms with Crippen molar-refractivity contribution >= 4 is 28.5 Å². The monoisotopic (exact) mass is 403 g/mol. The molecule has 0 bridgehead atoms. The van der Waals surface area contributed by atoms with Gasteiger partial charge < -0.3 is 9.88 Å². The summed E-state index contributed by atoms with van der Waals surface area (Å²) in [5.41, 5.74) is 5.72. The molecule has 3 aromatic carbocycles. The number of imidazole rings is 1. The molecule has 0 spiro atoms. The summed E-state index contributed by atoms with van der Waals surface area (Å²) in [5.74, 6) is 0.697. The van der Waals surface area contributed by atoms with Crippen LogP contribution in [0, 0.1) is 13.8 Å². The number of benzene rings is 3. The molecule has 0 atom stereocenters. The Bertz CT molecular complexity index is 1200. The summed E-state index contributed by atoms with van der Waals surface area (Å²) < 4.78 is 2.11. The van der Waals surface area contributed by atoms with E-state index in [4.69, 9.17) is 16.6 Å². The first-order chi connectivity index (χ1) is 14.0. The molecule has 146 valence electrons. The minimum absolute atomic E-state index is 0.0983. The molecule has 0 aliphatic carbocycles. The van der Waals surface area contributed by atoms with Crippen molar-refractivity contribution in [3.05, 3.63) is 99.8 Å². The number of aromatic nitrogens is 2. The Labute approximate surface area is 175 Å². The Morgan fingerprint density at radius 3 is 2.59 bits per heavy atom. The Morgan fingerprint density at radius 2 is 1.79 bits per heavy atom. The number of amides is 1. The maximum Gasteiger partial charge on any atom is 0.251 e. The molecule has 1 heterocycles. The van der Waals surface area contributed by atoms with Gasteiger partial charge in [-0.2, -0.15) is 0 Å². The number of aryl methyl sites for hydroxylation is 2. The van der Waals surface area contributed by atoms with Crippen molar-refractivity contribution in [3.63, 3.8) is 0 Å². The number of hydrogen-bond donors (Lipinski definition) is 1. The second-order valence-electron chi connectivity index (χ2n) is 7.20. The molecule has 1 N–H and O–H groups in total. The maximum atomic E-state index is 12.7. The second kappa shape index (κ2) is 8.10. The lowest BCUT2D eigenvalue weighted by Crippen LogP contribution is -2.25. The lowest BCUT2D eigenvalue weighted by Gasteiger charge is -2.12. The van der Waals surface area contributed by atoms with E-state index in [9.17, 15) is 4.79 Å². The molecule has 0 fully saturated rings. The SMILES string of the molecule is Cc1ccc(C(=O)NCc2nc3ccccc3n2Cc2ccccc2Cl)c(C)c1. The van der Waals surface area contributed by atoms with E-state index in [1.54, 1.807) is 0 Å². The van der Waals surface area contributed by atoms with Gasteiger partial charge in [0.25, 0.3) is 5.91 Å². The molecule has 1 amide bonds. The quantitative estimate of drug-likeness (QED) is 0.492. The molecule has 0 saturated heterocycles. The van der Waals surface area contributed by atoms with Crippen molar-refractivity contribution in [3.8, 4) is 0 Å². The van der Waals surface area contributed by atoms with Crippen molar-refractivity contribution in [2.24, 2.45) is 0 Å². The third-order valence-electron chi connectivity index (χ3n) is 5.05. The highest BCUT2D eigenvalue weighted by molar-refractivity contribution is 6.31. The van der Waals surface area contributed by atoms with Gasteiger partial charge in [-0.25, -0.2) is 4.98 Å². The number of halogens is 1. The molecule has 0 saturated carbocycles. The predicted molar refractivity (Wildman–Crippen MR) is 117 cm³/mol. The molecular formula is C24H22ClN3O. The molecular weight excluding hydrogens is 382 g/mol. The van der Waals surface area contributed by atoms with E-state index in [0.29, 0.717) is 18.7 Å². The Morgan fingerprint density at radius 1 is 1.03 bits per heavy atom. The number of rotatable bonds is 5. The van der Waals surface area contributed by atoms with Gasteiger partial charge in [0.1, 0.15) is 5.82 Å². The van der Waals surface area contributed by atoms with Gasteiger partial charge in [-0.1, -0.05) is 59.6 Å². The summed E-state index contributed by atoms with van der Waals surface area (Å²) in [6.07, 6.45) is 0. The van der Waals surface area contributed by atoms with Crippen LogP contribution in [0.5, 0.6) is 0 Å². The van der Waals surface area contributed by atoms with Gasteiger partial charge in [0, 0.05) is 10.6 Å². The molecule has 5 heteroatoms. The largest absolute Gasteiger partial charge is 0.345 e. The Balaban J connectivity index is 1.63. The van der Waals surface area contributed by atoms with E-state index in [2.05, 4.69) is 9.88 Å². The topological polar surface area (TPSA) is 46.9 Å². The summed E-state index contributed by atoms with van der Waals surface area (Å²) in [6.45, 7) is 4.90. The van der Waals surface area contributed by atoms with Crippen LogP contribution in [-0.2, 0) is 13.1 Å². The van der Waals surface area contributed by atoms with Crippen LogP contribution in [0.2, 0.25) is 5.02 Å². The fraction of sp³-hybridized carbons (Fsp3) is 0.167. The first-order valence-corrected chi connectivity index (χ1v) is 9.94. The third-order valence-corrected chi connectivity index (χ3v) is 5.42. The molecule has 4 aromatic rings. The van der Waals surface area contributed by atoms with Gasteiger partial charge in [-0.05, 0) is 49.2 Å². The molecule has 29 heavy (non-hydrogen) atoms. The van der Waals surface area contributed by atoms with E-state index in [0.717, 1.165) is 38.6 Å². The number of carbonyl (C=O) groups excluding carboxylic acids is 1. The lowest BCUT2D eigenvalue weighted by molar-refractivity contribution is 0.0949. The fourth-order valence-electron chi connectivity index (χ4n) is 3.56. The van der Waals surface area contributed by atoms with Gasteiger partial charge in [-0.15, -0.1) is 0 Å². The Hall–Kier alpha value is -3.11. The first-order valence-electron chi connectivity index (χ1n) is 9.56. The van der Waals surface area contributed by atoms with Crippen LogP contribution in [0.4, 0.5) is 0 Å². The van der Waals surface area contributed by atoms with Crippen molar-refractivity contribution in [2.45, 2.75) is 26.9 Å². The van der Waals surface area contributed by atoms with Crippen molar-refractivity contribution in [1.29, 1.82) is 0 Å². The van der Waals surface area contributed by atoms with Crippen LogP contribution in [0.3, 0.4) is 0 Å². The average molecular weight is 404 g/mol. The third kappa shape index (κ3) is 4.03. The maximum absolute atomic E-state index is 12.7. The molecule has 0 aliphatic rings. The summed E-state index contributed by atoms with van der Waals surface area (Å²) >= 11 is 6.38. The van der Waals surface area contributed by atoms with Gasteiger partial charge >= 0.3 is 0 Å². The summed E-state index contributed by atoms with van der Waals surface area (Å²) in [4.78, 5) is 17.5. The van der Waals surface area contributed by atoms with Gasteiger partial charge in [0.2, 0.25) is 0 Å². The normalized spacial score (nSPS) is 11.0. The van der Waals surface area contributed by atoms with Crippen LogP contribution < -0.4 is 5.32 Å². The number of nitrogens with zero attached hydrogens (tertiary/aromatic N) is 2. The van der Waals surface area contributed by atoms with Crippen molar-refractivity contribution in [1.82, 2.24) is 14.9 Å². The fourth-order valence-corrected chi connectivity index (χ4v) is 3.75. The Kier molecular flexibility index (Phi) is 5.36. The molecule has 4 rings (SSSR count). The van der Waals surface area contributed by atoms with Gasteiger partial charge in [0.05, 0.1) is 24.1 Å². The number of hydrogen-bond acceptors (Lipinski definition) is 2. The summed E-state index contributed by atoms with van der Waals surface area (Å²) in [5, 5.41) is 3.74. The number of nitrogens with one attached hydrogen (secondary N) is 1. The zero-order chi connectivity index (χ0) is 20.4. The van der Waals surface area contributed by atoms with Crippen molar-refractivity contribution < 1.29 is 4.79 Å². The second-order valence-corrected chi connectivity index (χ2v) is 7.60. The molecule has 0 aliphatic heterocycles.